The van der Waals surface area contributed by atoms with Gasteiger partial charge in [-0.05, 0) is 55.0 Å². The van der Waals surface area contributed by atoms with Crippen LogP contribution in [0.5, 0.6) is 0 Å². The maximum absolute atomic E-state index is 13.2. The number of halogens is 1. The lowest BCUT2D eigenvalue weighted by Crippen LogP contribution is -2.17. The van der Waals surface area contributed by atoms with Crippen molar-refractivity contribution in [2.24, 2.45) is 0 Å². The molecule has 1 nitrogen and oxygen atoms in total. The highest BCUT2D eigenvalue weighted by molar-refractivity contribution is 7.99. The first-order valence-corrected chi connectivity index (χ1v) is 7.41. The highest BCUT2D eigenvalue weighted by atomic mass is 32.2. The quantitative estimate of drug-likeness (QED) is 0.711. The Morgan fingerprint density at radius 1 is 1.41 bits per heavy atom. The maximum Gasteiger partial charge on any atom is 0.123 e. The molecular formula is C14H22FNS. The molecule has 1 atom stereocenters. The van der Waals surface area contributed by atoms with Crippen LogP contribution < -0.4 is 5.32 Å². The van der Waals surface area contributed by atoms with E-state index in [-0.39, 0.29) is 5.82 Å². The van der Waals surface area contributed by atoms with Gasteiger partial charge >= 0.3 is 0 Å². The number of benzene rings is 1. The summed E-state index contributed by atoms with van der Waals surface area (Å²) in [5.41, 5.74) is 1.11. The number of rotatable bonds is 8. The monoisotopic (exact) mass is 255 g/mol. The maximum atomic E-state index is 13.2. The normalized spacial score (nSPS) is 12.6. The van der Waals surface area contributed by atoms with Crippen LogP contribution in [0.25, 0.3) is 0 Å². The molecule has 0 radical (unpaired) electrons. The van der Waals surface area contributed by atoms with Gasteiger partial charge in [0, 0.05) is 6.54 Å². The first-order chi connectivity index (χ1) is 8.27. The van der Waals surface area contributed by atoms with Crippen molar-refractivity contribution in [1.29, 1.82) is 0 Å². The van der Waals surface area contributed by atoms with Gasteiger partial charge in [0.05, 0.1) is 0 Å². The topological polar surface area (TPSA) is 12.0 Å². The fourth-order valence-electron chi connectivity index (χ4n) is 1.97. The summed E-state index contributed by atoms with van der Waals surface area (Å²) in [6, 6.07) is 6.99. The van der Waals surface area contributed by atoms with Gasteiger partial charge in [0.25, 0.3) is 0 Å². The van der Waals surface area contributed by atoms with Crippen molar-refractivity contribution >= 4 is 11.8 Å². The molecule has 0 saturated heterocycles. The predicted octanol–water partition coefficient (Wildman–Crippen LogP) is 3.66. The van der Waals surface area contributed by atoms with Crippen molar-refractivity contribution in [1.82, 2.24) is 5.32 Å². The average molecular weight is 255 g/mol. The summed E-state index contributed by atoms with van der Waals surface area (Å²) in [6.07, 6.45) is 2.32. The second-order valence-electron chi connectivity index (χ2n) is 4.15. The van der Waals surface area contributed by atoms with E-state index in [4.69, 9.17) is 0 Å². The SMILES string of the molecule is CCSCCCC(CNC)c1cccc(F)c1. The van der Waals surface area contributed by atoms with Crippen molar-refractivity contribution in [3.63, 3.8) is 0 Å². The molecule has 1 N–H and O–H groups in total. The molecule has 0 heterocycles. The molecule has 0 aliphatic heterocycles. The molecule has 0 aromatic heterocycles. The van der Waals surface area contributed by atoms with Gasteiger partial charge in [0.1, 0.15) is 5.82 Å². The summed E-state index contributed by atoms with van der Waals surface area (Å²) in [7, 11) is 1.95. The Bertz CT molecular complexity index is 317. The minimum atomic E-state index is -0.133. The molecule has 0 aliphatic rings. The van der Waals surface area contributed by atoms with E-state index in [1.54, 1.807) is 12.1 Å². The summed E-state index contributed by atoms with van der Waals surface area (Å²) in [5, 5.41) is 3.20. The fourth-order valence-corrected chi connectivity index (χ4v) is 2.63. The Hall–Kier alpha value is -0.540. The van der Waals surface area contributed by atoms with Crippen LogP contribution in [-0.2, 0) is 0 Å². The highest BCUT2D eigenvalue weighted by Crippen LogP contribution is 2.22. The number of nitrogens with one attached hydrogen (secondary N) is 1. The molecule has 1 rings (SSSR count). The third-order valence-electron chi connectivity index (χ3n) is 2.82. The highest BCUT2D eigenvalue weighted by Gasteiger charge is 2.10. The van der Waals surface area contributed by atoms with Crippen LogP contribution in [-0.4, -0.2) is 25.1 Å². The smallest absolute Gasteiger partial charge is 0.123 e. The van der Waals surface area contributed by atoms with E-state index in [0.29, 0.717) is 5.92 Å². The van der Waals surface area contributed by atoms with Gasteiger partial charge in [0.15, 0.2) is 0 Å². The van der Waals surface area contributed by atoms with Crippen molar-refractivity contribution in [2.75, 3.05) is 25.1 Å². The number of hydrogen-bond donors (Lipinski definition) is 1. The zero-order valence-corrected chi connectivity index (χ0v) is 11.5. The predicted molar refractivity (Wildman–Crippen MR) is 75.3 cm³/mol. The second kappa shape index (κ2) is 8.54. The molecule has 0 bridgehead atoms. The molecule has 1 aromatic rings. The van der Waals surface area contributed by atoms with Gasteiger partial charge in [-0.15, -0.1) is 0 Å². The largest absolute Gasteiger partial charge is 0.319 e. The third-order valence-corrected chi connectivity index (χ3v) is 3.80. The van der Waals surface area contributed by atoms with Crippen LogP contribution in [0.2, 0.25) is 0 Å². The number of hydrogen-bond acceptors (Lipinski definition) is 2. The lowest BCUT2D eigenvalue weighted by Gasteiger charge is -2.17. The fraction of sp³-hybridized carbons (Fsp3) is 0.571. The molecule has 0 aliphatic carbocycles. The Labute approximate surface area is 108 Å². The van der Waals surface area contributed by atoms with Crippen LogP contribution in [0.4, 0.5) is 4.39 Å². The molecule has 1 unspecified atom stereocenters. The van der Waals surface area contributed by atoms with E-state index in [1.165, 1.54) is 24.0 Å². The Morgan fingerprint density at radius 3 is 2.88 bits per heavy atom. The van der Waals surface area contributed by atoms with Crippen LogP contribution in [0.3, 0.4) is 0 Å². The summed E-state index contributed by atoms with van der Waals surface area (Å²) >= 11 is 1.97. The van der Waals surface area contributed by atoms with E-state index >= 15 is 0 Å². The second-order valence-corrected chi connectivity index (χ2v) is 5.54. The standard InChI is InChI=1S/C14H22FNS/c1-3-17-9-5-7-13(11-16-2)12-6-4-8-14(15)10-12/h4,6,8,10,13,16H,3,5,7,9,11H2,1-2H3. The van der Waals surface area contributed by atoms with E-state index in [0.717, 1.165) is 18.5 Å². The Balaban J connectivity index is 2.52. The van der Waals surface area contributed by atoms with E-state index in [9.17, 15) is 4.39 Å². The van der Waals surface area contributed by atoms with Gasteiger partial charge in [-0.1, -0.05) is 19.1 Å². The Kier molecular flexibility index (Phi) is 7.29. The minimum absolute atomic E-state index is 0.133. The molecule has 1 aromatic carbocycles. The zero-order chi connectivity index (χ0) is 12.5. The Morgan fingerprint density at radius 2 is 2.24 bits per heavy atom. The van der Waals surface area contributed by atoms with Crippen molar-refractivity contribution in [3.8, 4) is 0 Å². The molecule has 3 heteroatoms. The van der Waals surface area contributed by atoms with Crippen LogP contribution in [0.1, 0.15) is 31.2 Å². The van der Waals surface area contributed by atoms with Crippen LogP contribution in [0, 0.1) is 5.82 Å². The molecule has 0 fully saturated rings. The molecule has 0 amide bonds. The average Bonchev–Trinajstić information content (AvgIpc) is 2.33. The first-order valence-electron chi connectivity index (χ1n) is 6.25. The first kappa shape index (κ1) is 14.5. The number of thioether (sulfide) groups is 1. The van der Waals surface area contributed by atoms with Crippen LogP contribution >= 0.6 is 11.8 Å². The summed E-state index contributed by atoms with van der Waals surface area (Å²) < 4.78 is 13.2. The van der Waals surface area contributed by atoms with Gasteiger partial charge < -0.3 is 5.32 Å². The van der Waals surface area contributed by atoms with E-state index < -0.39 is 0 Å². The molecule has 0 saturated carbocycles. The minimum Gasteiger partial charge on any atom is -0.319 e. The van der Waals surface area contributed by atoms with E-state index in [1.807, 2.05) is 24.9 Å². The lowest BCUT2D eigenvalue weighted by molar-refractivity contribution is 0.569. The van der Waals surface area contributed by atoms with Gasteiger partial charge in [0.2, 0.25) is 0 Å². The molecule has 17 heavy (non-hydrogen) atoms. The van der Waals surface area contributed by atoms with Gasteiger partial charge in [-0.25, -0.2) is 4.39 Å². The van der Waals surface area contributed by atoms with Crippen molar-refractivity contribution in [3.05, 3.63) is 35.6 Å². The molecule has 0 spiro atoms. The van der Waals surface area contributed by atoms with Crippen molar-refractivity contribution < 1.29 is 4.39 Å². The molecule has 96 valence electrons. The van der Waals surface area contributed by atoms with Gasteiger partial charge in [-0.3, -0.25) is 0 Å². The summed E-state index contributed by atoms with van der Waals surface area (Å²) in [6.45, 7) is 3.10. The summed E-state index contributed by atoms with van der Waals surface area (Å²) in [5.74, 6) is 2.67. The van der Waals surface area contributed by atoms with Crippen molar-refractivity contribution in [2.45, 2.75) is 25.7 Å². The zero-order valence-electron chi connectivity index (χ0n) is 10.7. The number of likely N-dealkylation sites (N-methyl/N-ethyl adjacent to an activating group) is 1. The third kappa shape index (κ3) is 5.55. The summed E-state index contributed by atoms with van der Waals surface area (Å²) in [4.78, 5) is 0. The lowest BCUT2D eigenvalue weighted by atomic mass is 9.94. The van der Waals surface area contributed by atoms with Crippen LogP contribution in [0.15, 0.2) is 24.3 Å². The molecular weight excluding hydrogens is 233 g/mol. The van der Waals surface area contributed by atoms with Gasteiger partial charge in [-0.2, -0.15) is 11.8 Å². The van der Waals surface area contributed by atoms with E-state index in [2.05, 4.69) is 12.2 Å².